The lowest BCUT2D eigenvalue weighted by molar-refractivity contribution is 0.816. The highest BCUT2D eigenvalue weighted by molar-refractivity contribution is 5.75. The summed E-state index contributed by atoms with van der Waals surface area (Å²) in [5, 5.41) is 0. The molecule has 3 rings (SSSR count). The zero-order valence-electron chi connectivity index (χ0n) is 11.8. The minimum Gasteiger partial charge on any atom is -0.383 e. The molecule has 2 N–H and O–H groups in total. The van der Waals surface area contributed by atoms with Crippen LogP contribution in [0.1, 0.15) is 18.3 Å². The van der Waals surface area contributed by atoms with Gasteiger partial charge in [0.2, 0.25) is 0 Å². The molecule has 4 nitrogen and oxygen atoms in total. The lowest BCUT2D eigenvalue weighted by Gasteiger charge is -2.11. The average Bonchev–Trinajstić information content (AvgIpc) is 2.92. The Morgan fingerprint density at radius 3 is 2.79 bits per heavy atom. The second-order valence-corrected chi connectivity index (χ2v) is 5.19. The van der Waals surface area contributed by atoms with Crippen LogP contribution in [-0.4, -0.2) is 23.1 Å². The lowest BCUT2D eigenvalue weighted by Crippen LogP contribution is -2.12. The summed E-state index contributed by atoms with van der Waals surface area (Å²) in [4.78, 5) is 6.96. The predicted octanol–water partition coefficient (Wildman–Crippen LogP) is 2.22. The van der Waals surface area contributed by atoms with Crippen molar-refractivity contribution in [1.29, 1.82) is 0 Å². The maximum Gasteiger partial charge on any atom is 0.131 e. The van der Waals surface area contributed by atoms with Gasteiger partial charge in [-0.15, -0.1) is 0 Å². The van der Waals surface area contributed by atoms with Crippen molar-refractivity contribution in [3.05, 3.63) is 29.6 Å². The van der Waals surface area contributed by atoms with E-state index in [-0.39, 0.29) is 0 Å². The molecule has 1 aliphatic rings. The third kappa shape index (κ3) is 1.79. The molecule has 0 saturated heterocycles. The molecule has 0 aliphatic carbocycles. The van der Waals surface area contributed by atoms with Crippen molar-refractivity contribution >= 4 is 11.5 Å². The Hall–Kier alpha value is -1.97. The van der Waals surface area contributed by atoms with E-state index < -0.39 is 0 Å². The molecular formula is C15H20N4. The van der Waals surface area contributed by atoms with Crippen LogP contribution in [0.4, 0.5) is 11.5 Å². The third-order valence-corrected chi connectivity index (χ3v) is 4.03. The van der Waals surface area contributed by atoms with Crippen LogP contribution in [0.3, 0.4) is 0 Å². The monoisotopic (exact) mass is 256 g/mol. The first-order valence-electron chi connectivity index (χ1n) is 6.77. The summed E-state index contributed by atoms with van der Waals surface area (Å²) in [6.45, 7) is 3.19. The maximum absolute atomic E-state index is 6.17. The molecule has 19 heavy (non-hydrogen) atoms. The average molecular weight is 256 g/mol. The molecule has 0 radical (unpaired) electrons. The van der Waals surface area contributed by atoms with Crippen molar-refractivity contribution in [1.82, 2.24) is 9.55 Å². The van der Waals surface area contributed by atoms with E-state index in [1.54, 1.807) is 0 Å². The van der Waals surface area contributed by atoms with Gasteiger partial charge in [0.1, 0.15) is 17.3 Å². The van der Waals surface area contributed by atoms with Crippen LogP contribution in [0, 0.1) is 0 Å². The van der Waals surface area contributed by atoms with Crippen LogP contribution in [0.5, 0.6) is 0 Å². The number of fused-ring (bicyclic) bond motifs is 1. The maximum atomic E-state index is 6.17. The number of anilines is 2. The van der Waals surface area contributed by atoms with Crippen molar-refractivity contribution in [2.75, 3.05) is 24.2 Å². The zero-order chi connectivity index (χ0) is 13.6. The summed E-state index contributed by atoms with van der Waals surface area (Å²) < 4.78 is 1.98. The number of hydrogen-bond acceptors (Lipinski definition) is 3. The minimum atomic E-state index is 0.753. The van der Waals surface area contributed by atoms with Crippen molar-refractivity contribution in [2.24, 2.45) is 7.05 Å². The molecule has 0 amide bonds. The SMILES string of the molecule is CCc1nc(-c2ccc3c(c2)CCN3C)c(N)n1C. The van der Waals surface area contributed by atoms with Gasteiger partial charge in [-0.25, -0.2) is 4.98 Å². The predicted molar refractivity (Wildman–Crippen MR) is 79.4 cm³/mol. The number of imidazole rings is 1. The molecule has 0 atom stereocenters. The van der Waals surface area contributed by atoms with Gasteiger partial charge in [0.05, 0.1) is 0 Å². The Morgan fingerprint density at radius 1 is 1.32 bits per heavy atom. The number of rotatable bonds is 2. The molecule has 0 bridgehead atoms. The largest absolute Gasteiger partial charge is 0.383 e. The van der Waals surface area contributed by atoms with E-state index in [0.29, 0.717) is 0 Å². The normalized spacial score (nSPS) is 13.9. The van der Waals surface area contributed by atoms with E-state index in [2.05, 4.69) is 42.1 Å². The molecular weight excluding hydrogens is 236 g/mol. The standard InChI is InChI=1S/C15H20N4/c1-4-13-17-14(15(16)19(13)3)11-5-6-12-10(9-11)7-8-18(12)2/h5-6,9H,4,7-8,16H2,1-3H3. The zero-order valence-corrected chi connectivity index (χ0v) is 11.8. The topological polar surface area (TPSA) is 47.1 Å². The smallest absolute Gasteiger partial charge is 0.131 e. The van der Waals surface area contributed by atoms with Crippen molar-refractivity contribution in [3.63, 3.8) is 0 Å². The highest BCUT2D eigenvalue weighted by Gasteiger charge is 2.18. The third-order valence-electron chi connectivity index (χ3n) is 4.03. The van der Waals surface area contributed by atoms with Gasteiger partial charge in [-0.2, -0.15) is 0 Å². The van der Waals surface area contributed by atoms with Crippen molar-refractivity contribution in [3.8, 4) is 11.3 Å². The first kappa shape index (κ1) is 12.1. The van der Waals surface area contributed by atoms with Gasteiger partial charge in [0.15, 0.2) is 0 Å². The summed E-state index contributed by atoms with van der Waals surface area (Å²) >= 11 is 0. The summed E-state index contributed by atoms with van der Waals surface area (Å²) in [6.07, 6.45) is 2.00. The summed E-state index contributed by atoms with van der Waals surface area (Å²) in [5.41, 5.74) is 10.9. The first-order valence-corrected chi connectivity index (χ1v) is 6.77. The van der Waals surface area contributed by atoms with Crippen molar-refractivity contribution in [2.45, 2.75) is 19.8 Å². The van der Waals surface area contributed by atoms with E-state index >= 15 is 0 Å². The van der Waals surface area contributed by atoms with Gasteiger partial charge in [-0.3, -0.25) is 0 Å². The number of benzene rings is 1. The first-order chi connectivity index (χ1) is 9.11. The summed E-state index contributed by atoms with van der Waals surface area (Å²) in [6, 6.07) is 6.53. The van der Waals surface area contributed by atoms with Crippen LogP contribution in [0.2, 0.25) is 0 Å². The van der Waals surface area contributed by atoms with Crippen LogP contribution >= 0.6 is 0 Å². The second kappa shape index (κ2) is 4.30. The molecule has 4 heteroatoms. The van der Waals surface area contributed by atoms with E-state index in [1.165, 1.54) is 11.3 Å². The number of nitrogen functional groups attached to an aromatic ring is 1. The highest BCUT2D eigenvalue weighted by Crippen LogP contribution is 2.33. The fourth-order valence-electron chi connectivity index (χ4n) is 2.80. The highest BCUT2D eigenvalue weighted by atomic mass is 15.1. The van der Waals surface area contributed by atoms with Crippen LogP contribution in [0.15, 0.2) is 18.2 Å². The van der Waals surface area contributed by atoms with E-state index in [4.69, 9.17) is 5.73 Å². The lowest BCUT2D eigenvalue weighted by atomic mass is 10.1. The minimum absolute atomic E-state index is 0.753. The fraction of sp³-hybridized carbons (Fsp3) is 0.400. The quantitative estimate of drug-likeness (QED) is 0.896. The van der Waals surface area contributed by atoms with Gasteiger partial charge in [-0.1, -0.05) is 13.0 Å². The van der Waals surface area contributed by atoms with Gasteiger partial charge in [0.25, 0.3) is 0 Å². The van der Waals surface area contributed by atoms with Gasteiger partial charge in [0, 0.05) is 38.3 Å². The molecule has 1 aliphatic heterocycles. The number of hydrogen-bond donors (Lipinski definition) is 1. The van der Waals surface area contributed by atoms with Crippen molar-refractivity contribution < 1.29 is 0 Å². The molecule has 100 valence electrons. The number of nitrogens with two attached hydrogens (primary N) is 1. The second-order valence-electron chi connectivity index (χ2n) is 5.19. The Labute approximate surface area is 113 Å². The summed E-state index contributed by atoms with van der Waals surface area (Å²) in [5.74, 6) is 1.79. The fourth-order valence-corrected chi connectivity index (χ4v) is 2.80. The van der Waals surface area contributed by atoms with E-state index in [0.717, 1.165) is 42.3 Å². The number of aromatic nitrogens is 2. The number of aryl methyl sites for hydroxylation is 1. The van der Waals surface area contributed by atoms with Crippen LogP contribution < -0.4 is 10.6 Å². The Bertz CT molecular complexity index is 627. The van der Waals surface area contributed by atoms with Crippen LogP contribution in [0.25, 0.3) is 11.3 Å². The summed E-state index contributed by atoms with van der Waals surface area (Å²) in [7, 11) is 4.11. The Morgan fingerprint density at radius 2 is 2.11 bits per heavy atom. The number of likely N-dealkylation sites (N-methyl/N-ethyl adjacent to an activating group) is 1. The molecule has 0 unspecified atom stereocenters. The van der Waals surface area contributed by atoms with E-state index in [1.807, 2.05) is 11.6 Å². The van der Waals surface area contributed by atoms with Gasteiger partial charge < -0.3 is 15.2 Å². The Kier molecular flexibility index (Phi) is 2.73. The molecule has 0 saturated carbocycles. The Balaban J connectivity index is 2.08. The van der Waals surface area contributed by atoms with Gasteiger partial charge >= 0.3 is 0 Å². The number of nitrogens with zero attached hydrogens (tertiary/aromatic N) is 3. The molecule has 1 aromatic heterocycles. The van der Waals surface area contributed by atoms with Gasteiger partial charge in [-0.05, 0) is 24.1 Å². The molecule has 1 aromatic carbocycles. The molecule has 2 heterocycles. The van der Waals surface area contributed by atoms with E-state index in [9.17, 15) is 0 Å². The van der Waals surface area contributed by atoms with Crippen LogP contribution in [-0.2, 0) is 19.9 Å². The molecule has 0 fully saturated rings. The molecule has 2 aromatic rings. The molecule has 0 spiro atoms.